The Morgan fingerprint density at radius 3 is 2.75 bits per heavy atom. The molecule has 2 aliphatic heterocycles. The Hall–Kier alpha value is -0.273. The van der Waals surface area contributed by atoms with Gasteiger partial charge in [-0.2, -0.15) is 9.51 Å². The molecule has 0 saturated carbocycles. The number of nitrogens with two attached hydrogens (primary N) is 1. The summed E-state index contributed by atoms with van der Waals surface area (Å²) in [5.41, 5.74) is 6.04. The van der Waals surface area contributed by atoms with Crippen molar-refractivity contribution in [3.8, 4) is 0 Å². The lowest BCUT2D eigenvalue weighted by Gasteiger charge is -2.37. The molecule has 0 aromatic carbocycles. The molecular weight excluding hydrogens is 505 g/mol. The molecule has 0 bridgehead atoms. The van der Waals surface area contributed by atoms with Crippen LogP contribution in [0.4, 0.5) is 5.95 Å². The third kappa shape index (κ3) is 5.05. The van der Waals surface area contributed by atoms with Gasteiger partial charge in [-0.15, -0.1) is 0 Å². The predicted molar refractivity (Wildman–Crippen MR) is 140 cm³/mol. The smallest absolute Gasteiger partial charge is 0.319 e. The van der Waals surface area contributed by atoms with E-state index < -0.39 is 13.4 Å². The molecule has 0 spiro atoms. The van der Waals surface area contributed by atoms with E-state index >= 15 is 0 Å². The van der Waals surface area contributed by atoms with Gasteiger partial charge < -0.3 is 14.9 Å². The number of nitrogens with zero attached hydrogens (tertiary/aromatic N) is 3. The molecule has 32 heavy (non-hydrogen) atoms. The van der Waals surface area contributed by atoms with Crippen molar-refractivity contribution in [2.75, 3.05) is 23.8 Å². The molecule has 14 heteroatoms. The fourth-order valence-corrected chi connectivity index (χ4v) is 14.0. The number of aromatic amines is 1. The number of hydrogen-bond acceptors (Lipinski definition) is 10. The first-order chi connectivity index (χ1) is 14.9. The molecule has 2 aromatic rings. The summed E-state index contributed by atoms with van der Waals surface area (Å²) in [5, 5.41) is -1.79. The highest BCUT2D eigenvalue weighted by atomic mass is 33.4. The number of ether oxygens (including phenoxy) is 1. The lowest BCUT2D eigenvalue weighted by atomic mass is 10.2. The zero-order valence-corrected chi connectivity index (χ0v) is 23.3. The van der Waals surface area contributed by atoms with Gasteiger partial charge in [0.15, 0.2) is 19.5 Å². The minimum absolute atomic E-state index is 0.0480. The van der Waals surface area contributed by atoms with E-state index in [1.54, 1.807) is 33.7 Å². The van der Waals surface area contributed by atoms with E-state index in [2.05, 4.69) is 48.8 Å². The second-order valence-corrected chi connectivity index (χ2v) is 25.4. The quantitative estimate of drug-likeness (QED) is 0.279. The van der Waals surface area contributed by atoms with Crippen LogP contribution in [0, 0.1) is 0 Å². The molecule has 9 nitrogen and oxygen atoms in total. The van der Waals surface area contributed by atoms with Gasteiger partial charge in [0.05, 0.1) is 47.9 Å². The Bertz CT molecular complexity index is 1040. The van der Waals surface area contributed by atoms with E-state index in [9.17, 15) is 4.79 Å². The third-order valence-electron chi connectivity index (χ3n) is 6.22. The highest BCUT2D eigenvalue weighted by Crippen LogP contribution is 2.87. The Morgan fingerprint density at radius 2 is 2.09 bits per heavy atom. The van der Waals surface area contributed by atoms with Crippen LogP contribution in [0.5, 0.6) is 0 Å². The SMILES string of the molecule is CC(C)(C)[Si](C)(C)OC[C@H]1O[C@@H](n2cnc3c(=O)[nH]c(N)nc32)C[C@@H]1O[P+]1(S)SCCS1. The molecular formula is C18H31N5O4PS3Si+. The zero-order chi connectivity index (χ0) is 23.3. The first-order valence-corrected chi connectivity index (χ1v) is 19.4. The number of imidazole rings is 1. The third-order valence-corrected chi connectivity index (χ3v) is 20.8. The van der Waals surface area contributed by atoms with Crippen LogP contribution < -0.4 is 11.3 Å². The van der Waals surface area contributed by atoms with Crippen LogP contribution >= 0.6 is 40.1 Å². The average Bonchev–Trinajstić information content (AvgIpc) is 3.38. The largest absolute Gasteiger partial charge is 0.414 e. The van der Waals surface area contributed by atoms with Crippen molar-refractivity contribution in [1.82, 2.24) is 19.5 Å². The maximum atomic E-state index is 12.2. The summed E-state index contributed by atoms with van der Waals surface area (Å²) >= 11 is 8.50. The molecule has 0 radical (unpaired) electrons. The molecule has 2 fully saturated rings. The van der Waals surface area contributed by atoms with Gasteiger partial charge >= 0.3 is 5.10 Å². The summed E-state index contributed by atoms with van der Waals surface area (Å²) in [7, 11) is -1.96. The highest BCUT2D eigenvalue weighted by molar-refractivity contribution is 9.15. The number of fused-ring (bicyclic) bond motifs is 1. The van der Waals surface area contributed by atoms with Gasteiger partial charge in [-0.3, -0.25) is 14.3 Å². The lowest BCUT2D eigenvalue weighted by Crippen LogP contribution is -2.44. The number of H-pyrrole nitrogens is 1. The van der Waals surface area contributed by atoms with Gasteiger partial charge in [0.1, 0.15) is 18.4 Å². The molecule has 0 unspecified atom stereocenters. The van der Waals surface area contributed by atoms with Crippen molar-refractivity contribution < 1.29 is 13.7 Å². The number of rotatable bonds is 6. The topological polar surface area (TPSA) is 117 Å². The average molecular weight is 537 g/mol. The van der Waals surface area contributed by atoms with Crippen LogP contribution in [0.25, 0.3) is 11.2 Å². The number of hydrogen-bond donors (Lipinski definition) is 3. The summed E-state index contributed by atoms with van der Waals surface area (Å²) in [6.45, 7) is 11.6. The van der Waals surface area contributed by atoms with Crippen LogP contribution in [0.15, 0.2) is 11.1 Å². The van der Waals surface area contributed by atoms with E-state index in [-0.39, 0.29) is 40.5 Å². The monoisotopic (exact) mass is 536 g/mol. The van der Waals surface area contributed by atoms with Crippen molar-refractivity contribution in [3.63, 3.8) is 0 Å². The van der Waals surface area contributed by atoms with E-state index in [4.69, 9.17) is 31.7 Å². The second-order valence-electron chi connectivity index (χ2n) is 9.49. The number of aromatic nitrogens is 4. The van der Waals surface area contributed by atoms with Crippen LogP contribution in [-0.4, -0.2) is 58.2 Å². The van der Waals surface area contributed by atoms with Crippen molar-refractivity contribution in [2.45, 2.75) is 63.8 Å². The zero-order valence-electron chi connectivity index (χ0n) is 18.9. The maximum absolute atomic E-state index is 12.2. The van der Waals surface area contributed by atoms with Crippen molar-refractivity contribution in [2.24, 2.45) is 0 Å². The van der Waals surface area contributed by atoms with Crippen LogP contribution in [0.1, 0.15) is 33.4 Å². The Morgan fingerprint density at radius 1 is 1.41 bits per heavy atom. The van der Waals surface area contributed by atoms with E-state index in [0.29, 0.717) is 18.7 Å². The molecule has 2 saturated heterocycles. The fraction of sp³-hybridized carbons (Fsp3) is 0.722. The molecule has 2 aliphatic rings. The van der Waals surface area contributed by atoms with E-state index in [1.165, 1.54) is 0 Å². The summed E-state index contributed by atoms with van der Waals surface area (Å²) in [6, 6.07) is 0. The van der Waals surface area contributed by atoms with Crippen LogP contribution in [0.2, 0.25) is 18.1 Å². The van der Waals surface area contributed by atoms with Gasteiger partial charge in [0, 0.05) is 17.9 Å². The minimum Gasteiger partial charge on any atom is -0.414 e. The predicted octanol–water partition coefficient (Wildman–Crippen LogP) is 4.48. The fourth-order valence-electron chi connectivity index (χ4n) is 3.37. The minimum atomic E-state index is -1.96. The molecule has 3 atom stereocenters. The van der Waals surface area contributed by atoms with E-state index in [0.717, 1.165) is 11.5 Å². The second kappa shape index (κ2) is 9.07. The Kier molecular flexibility index (Phi) is 7.04. The number of nitrogen functional groups attached to an aromatic ring is 1. The van der Waals surface area contributed by atoms with Crippen LogP contribution in [-0.2, 0) is 13.7 Å². The Labute approximate surface area is 202 Å². The molecule has 178 valence electrons. The lowest BCUT2D eigenvalue weighted by molar-refractivity contribution is -0.0348. The van der Waals surface area contributed by atoms with Crippen molar-refractivity contribution >= 4 is 65.5 Å². The van der Waals surface area contributed by atoms with E-state index in [1.807, 2.05) is 0 Å². The highest BCUT2D eigenvalue weighted by Gasteiger charge is 2.52. The molecule has 0 aliphatic carbocycles. The summed E-state index contributed by atoms with van der Waals surface area (Å²) in [6.07, 6.45) is 1.36. The molecule has 3 N–H and O–H groups in total. The maximum Gasteiger partial charge on any atom is 0.319 e. The Balaban J connectivity index is 1.59. The number of thiol groups is 1. The normalized spacial score (nSPS) is 26.2. The molecule has 4 rings (SSSR count). The van der Waals surface area contributed by atoms with Crippen LogP contribution in [0.3, 0.4) is 0 Å². The van der Waals surface area contributed by atoms with Gasteiger partial charge in [-0.1, -0.05) is 20.8 Å². The first-order valence-electron chi connectivity index (χ1n) is 10.5. The van der Waals surface area contributed by atoms with Gasteiger partial charge in [-0.25, -0.2) is 4.98 Å². The van der Waals surface area contributed by atoms with Gasteiger partial charge in [-0.05, 0) is 18.1 Å². The number of anilines is 1. The van der Waals surface area contributed by atoms with Gasteiger partial charge in [0.2, 0.25) is 5.95 Å². The van der Waals surface area contributed by atoms with Crippen molar-refractivity contribution in [3.05, 3.63) is 16.7 Å². The van der Waals surface area contributed by atoms with Gasteiger partial charge in [0.25, 0.3) is 5.56 Å². The molecule has 2 aromatic heterocycles. The first kappa shape index (κ1) is 24.8. The standard InChI is InChI=1S/C18H30N5O4PS3Si/c1-18(2,3)32(4,5)25-9-12-11(27-28(29)30-6-7-31-28)8-13(26-12)23-10-20-14-15(23)21-17(19)22-16(14)24/h10-13,29H,6-9H2,1-5H3,(H2-,19,21,22,24)/p+1/t11-,12+,13+/m0/s1. The van der Waals surface area contributed by atoms with Crippen molar-refractivity contribution in [1.29, 1.82) is 0 Å². The summed E-state index contributed by atoms with van der Waals surface area (Å²) in [4.78, 5) is 23.2. The summed E-state index contributed by atoms with van der Waals surface area (Å²) < 4.78 is 21.3. The molecule has 4 heterocycles. The number of nitrogens with one attached hydrogen (secondary N) is 1. The summed E-state index contributed by atoms with van der Waals surface area (Å²) in [5.74, 6) is 2.14. The molecule has 0 amide bonds.